The summed E-state index contributed by atoms with van der Waals surface area (Å²) >= 11 is 0. The molecule has 0 bridgehead atoms. The predicted molar refractivity (Wildman–Crippen MR) is 74.7 cm³/mol. The second-order valence-corrected chi connectivity index (χ2v) is 5.81. The number of fused-ring (bicyclic) bond motifs is 1. The van der Waals surface area contributed by atoms with Crippen LogP contribution in [0.15, 0.2) is 12.7 Å². The zero-order chi connectivity index (χ0) is 17.0. The monoisotopic (exact) mass is 347 g/mol. The molecule has 5 N–H and O–H groups in total. The number of ketones is 1. The highest BCUT2D eigenvalue weighted by atomic mass is 31.2. The summed E-state index contributed by atoms with van der Waals surface area (Å²) in [5, 5.41) is 17.1. The first kappa shape index (κ1) is 17.4. The van der Waals surface area contributed by atoms with Gasteiger partial charge in [0.15, 0.2) is 23.5 Å². The fraction of sp³-hybridized carbons (Fsp3) is 0.400. The minimum Gasteiger partial charge on any atom is -0.382 e. The zero-order valence-corrected chi connectivity index (χ0v) is 12.5. The summed E-state index contributed by atoms with van der Waals surface area (Å²) in [4.78, 5) is 32.7. The molecular weight excluding hydrogens is 333 g/mol. The summed E-state index contributed by atoms with van der Waals surface area (Å²) in [5.74, 6) is -0.405. The molecule has 0 radical (unpaired) electrons. The molecule has 1 unspecified atom stereocenters. The second-order valence-electron chi connectivity index (χ2n) is 4.36. The van der Waals surface area contributed by atoms with Crippen LogP contribution in [0, 0.1) is 0 Å². The zero-order valence-electron chi connectivity index (χ0n) is 11.6. The fourth-order valence-electron chi connectivity index (χ4n) is 1.60. The van der Waals surface area contributed by atoms with Crippen LogP contribution in [0.3, 0.4) is 0 Å². The molecule has 1 atom stereocenters. The van der Waals surface area contributed by atoms with Gasteiger partial charge in [0.2, 0.25) is 0 Å². The number of carbonyl (C=O) groups excluding carboxylic acids is 1. The summed E-state index contributed by atoms with van der Waals surface area (Å²) < 4.78 is 21.4. The minimum atomic E-state index is -4.56. The van der Waals surface area contributed by atoms with Crippen LogP contribution in [0.2, 0.25) is 0 Å². The highest BCUT2D eigenvalue weighted by Crippen LogP contribution is 2.42. The average molecular weight is 347 g/mol. The number of aliphatic hydroxyl groups excluding tert-OH is 1. The first-order valence-corrected chi connectivity index (χ1v) is 7.69. The molecule has 0 saturated heterocycles. The van der Waals surface area contributed by atoms with E-state index in [1.54, 1.807) is 0 Å². The van der Waals surface area contributed by atoms with Crippen molar-refractivity contribution in [1.29, 1.82) is 0 Å². The van der Waals surface area contributed by atoms with Gasteiger partial charge in [-0.15, -0.1) is 0 Å². The largest absolute Gasteiger partial charge is 0.472 e. The van der Waals surface area contributed by atoms with Gasteiger partial charge in [0, 0.05) is 0 Å². The van der Waals surface area contributed by atoms with Crippen molar-refractivity contribution in [2.45, 2.75) is 12.8 Å². The van der Waals surface area contributed by atoms with Gasteiger partial charge in [-0.05, 0) is 0 Å². The highest BCUT2D eigenvalue weighted by Gasteiger charge is 2.24. The van der Waals surface area contributed by atoms with Gasteiger partial charge in [-0.25, -0.2) is 19.5 Å². The lowest BCUT2D eigenvalue weighted by molar-refractivity contribution is -0.122. The number of Topliss-reactive ketones (excluding diaryl/α,β-unsaturated/α-hetero) is 1. The van der Waals surface area contributed by atoms with Crippen molar-refractivity contribution in [2.75, 3.05) is 18.9 Å². The third-order valence-electron chi connectivity index (χ3n) is 2.55. The Bertz CT molecular complexity index is 748. The number of nitrogens with two attached hydrogens (primary N) is 1. The Hall–Kier alpha value is -1.95. The topological polar surface area (TPSA) is 183 Å². The van der Waals surface area contributed by atoms with E-state index in [9.17, 15) is 14.3 Å². The molecule has 0 aliphatic rings. The maximum atomic E-state index is 11.8. The van der Waals surface area contributed by atoms with Crippen LogP contribution in [0.5, 0.6) is 0 Å². The van der Waals surface area contributed by atoms with Crippen molar-refractivity contribution >= 4 is 30.6 Å². The number of rotatable bonds is 8. The second kappa shape index (κ2) is 7.08. The number of phosphoric ester groups is 1. The number of nitrogen functional groups attached to an aromatic ring is 1. The van der Waals surface area contributed by atoms with E-state index in [1.807, 2.05) is 0 Å². The molecule has 2 heterocycles. The van der Waals surface area contributed by atoms with Crippen LogP contribution in [0.1, 0.15) is 0 Å². The summed E-state index contributed by atoms with van der Waals surface area (Å²) in [6.07, 6.45) is 0.606. The van der Waals surface area contributed by atoms with E-state index in [4.69, 9.17) is 15.9 Å². The standard InChI is InChI=1S/C10H14N5O7P/c11-9-8-10(13-4-12-9)15(5-14-8)1-6(16)2-21-23(19,20)22-3-7(17)18/h4-5,7,17-18H,1-3H2,(H,19,20)(H2,11,12,13). The predicted octanol–water partition coefficient (Wildman–Crippen LogP) is -1.58. The van der Waals surface area contributed by atoms with E-state index in [1.165, 1.54) is 17.2 Å². The number of phosphoric acid groups is 1. The third kappa shape index (κ3) is 4.76. The van der Waals surface area contributed by atoms with Crippen LogP contribution < -0.4 is 5.73 Å². The van der Waals surface area contributed by atoms with E-state index < -0.39 is 33.1 Å². The number of carbonyl (C=O) groups is 1. The number of imidazole rings is 1. The molecule has 126 valence electrons. The van der Waals surface area contributed by atoms with Gasteiger partial charge in [0.1, 0.15) is 25.1 Å². The molecule has 12 nitrogen and oxygen atoms in total. The molecule has 2 aromatic heterocycles. The van der Waals surface area contributed by atoms with Crippen LogP contribution >= 0.6 is 7.82 Å². The van der Waals surface area contributed by atoms with E-state index in [0.717, 1.165) is 0 Å². The minimum absolute atomic E-state index is 0.160. The summed E-state index contributed by atoms with van der Waals surface area (Å²) in [6, 6.07) is 0. The smallest absolute Gasteiger partial charge is 0.382 e. The van der Waals surface area contributed by atoms with Crippen molar-refractivity contribution < 1.29 is 33.5 Å². The van der Waals surface area contributed by atoms with Gasteiger partial charge in [-0.1, -0.05) is 0 Å². The lowest BCUT2D eigenvalue weighted by Gasteiger charge is -2.12. The molecule has 0 amide bonds. The molecule has 0 saturated carbocycles. The van der Waals surface area contributed by atoms with E-state index in [2.05, 4.69) is 24.0 Å². The van der Waals surface area contributed by atoms with Crippen LogP contribution in [-0.4, -0.2) is 59.9 Å². The average Bonchev–Trinajstić information content (AvgIpc) is 2.88. The lowest BCUT2D eigenvalue weighted by Crippen LogP contribution is -2.17. The maximum absolute atomic E-state index is 11.8. The van der Waals surface area contributed by atoms with E-state index in [-0.39, 0.29) is 12.4 Å². The number of aromatic nitrogens is 4. The Labute approximate surface area is 129 Å². The van der Waals surface area contributed by atoms with Crippen molar-refractivity contribution in [3.8, 4) is 0 Å². The molecule has 0 aliphatic heterocycles. The van der Waals surface area contributed by atoms with Gasteiger partial charge in [0.25, 0.3) is 0 Å². The van der Waals surface area contributed by atoms with Crippen molar-refractivity contribution in [1.82, 2.24) is 19.5 Å². The lowest BCUT2D eigenvalue weighted by atomic mass is 10.4. The molecule has 0 spiro atoms. The molecule has 13 heteroatoms. The number of hydrogen-bond acceptors (Lipinski definition) is 10. The molecule has 23 heavy (non-hydrogen) atoms. The quantitative estimate of drug-likeness (QED) is 0.319. The molecule has 2 aromatic rings. The van der Waals surface area contributed by atoms with Gasteiger partial charge < -0.3 is 25.4 Å². The van der Waals surface area contributed by atoms with E-state index >= 15 is 0 Å². The summed E-state index contributed by atoms with van der Waals surface area (Å²) in [6.45, 7) is -1.78. The Morgan fingerprint density at radius 1 is 1.35 bits per heavy atom. The normalized spacial score (nSPS) is 14.3. The molecule has 0 aliphatic carbocycles. The SMILES string of the molecule is Nc1ncnc2c1ncn2CC(=O)COP(=O)(O)OCC(O)O. The number of aliphatic hydroxyl groups is 2. The summed E-state index contributed by atoms with van der Waals surface area (Å²) in [7, 11) is -4.56. The van der Waals surface area contributed by atoms with Gasteiger partial charge >= 0.3 is 7.82 Å². The fourth-order valence-corrected chi connectivity index (χ4v) is 2.31. The Kier molecular flexibility index (Phi) is 5.36. The Balaban J connectivity index is 1.94. The van der Waals surface area contributed by atoms with Crippen LogP contribution in [-0.2, 0) is 25.0 Å². The number of nitrogens with zero attached hydrogens (tertiary/aromatic N) is 4. The van der Waals surface area contributed by atoms with Crippen molar-refractivity contribution in [3.63, 3.8) is 0 Å². The number of anilines is 1. The first-order chi connectivity index (χ1) is 10.8. The first-order valence-electron chi connectivity index (χ1n) is 6.19. The van der Waals surface area contributed by atoms with Gasteiger partial charge in [-0.3, -0.25) is 13.8 Å². The molecule has 2 rings (SSSR count). The Morgan fingerprint density at radius 3 is 2.78 bits per heavy atom. The maximum Gasteiger partial charge on any atom is 0.472 e. The van der Waals surface area contributed by atoms with E-state index in [0.29, 0.717) is 11.2 Å². The Morgan fingerprint density at radius 2 is 2.09 bits per heavy atom. The summed E-state index contributed by atoms with van der Waals surface area (Å²) in [5.41, 5.74) is 6.27. The van der Waals surface area contributed by atoms with Crippen molar-refractivity contribution in [2.24, 2.45) is 0 Å². The third-order valence-corrected chi connectivity index (χ3v) is 3.48. The van der Waals surface area contributed by atoms with Crippen LogP contribution in [0.25, 0.3) is 11.2 Å². The molecule has 0 aromatic carbocycles. The highest BCUT2D eigenvalue weighted by molar-refractivity contribution is 7.47. The van der Waals surface area contributed by atoms with Gasteiger partial charge in [0.05, 0.1) is 12.9 Å². The van der Waals surface area contributed by atoms with Crippen molar-refractivity contribution in [3.05, 3.63) is 12.7 Å². The van der Waals surface area contributed by atoms with Gasteiger partial charge in [-0.2, -0.15) is 0 Å². The van der Waals surface area contributed by atoms with Crippen LogP contribution in [0.4, 0.5) is 5.82 Å². The molecule has 0 fully saturated rings. The molecular formula is C10H14N5O7P. The number of hydrogen-bond donors (Lipinski definition) is 4.